The van der Waals surface area contributed by atoms with E-state index in [2.05, 4.69) is 5.32 Å². The van der Waals surface area contributed by atoms with E-state index in [1.807, 2.05) is 31.2 Å². The van der Waals surface area contributed by atoms with Crippen LogP contribution in [0.1, 0.15) is 17.5 Å². The summed E-state index contributed by atoms with van der Waals surface area (Å²) < 4.78 is 0. The van der Waals surface area contributed by atoms with Gasteiger partial charge in [-0.25, -0.2) is 0 Å². The number of carboxylic acids is 1. The van der Waals surface area contributed by atoms with Gasteiger partial charge in [0.05, 0.1) is 0 Å². The summed E-state index contributed by atoms with van der Waals surface area (Å²) in [6.45, 7) is 3.32. The van der Waals surface area contributed by atoms with Crippen molar-refractivity contribution in [3.05, 3.63) is 35.4 Å². The number of carboxylic acid groups (broad SMARTS) is 1. The summed E-state index contributed by atoms with van der Waals surface area (Å²) >= 11 is 0. The third kappa shape index (κ3) is 1.63. The number of hydrogen-bond acceptors (Lipinski definition) is 2. The molecule has 1 aromatic rings. The van der Waals surface area contributed by atoms with Gasteiger partial charge in [0.1, 0.15) is 5.41 Å². The number of benzene rings is 1. The molecule has 1 aliphatic heterocycles. The fourth-order valence-electron chi connectivity index (χ4n) is 2.12. The van der Waals surface area contributed by atoms with Crippen LogP contribution in [0.4, 0.5) is 0 Å². The summed E-state index contributed by atoms with van der Waals surface area (Å²) in [7, 11) is 0. The second-order valence-corrected chi connectivity index (χ2v) is 4.18. The highest BCUT2D eigenvalue weighted by atomic mass is 16.4. The third-order valence-electron chi connectivity index (χ3n) is 3.17. The monoisotopic (exact) mass is 205 g/mol. The molecule has 15 heavy (non-hydrogen) atoms. The second-order valence-electron chi connectivity index (χ2n) is 4.18. The standard InChI is InChI=1S/C12H15NO2/c1-9-2-4-10(5-3-9)12(11(14)15)6-7-13-8-12/h2-5,13H,6-8H2,1H3,(H,14,15). The summed E-state index contributed by atoms with van der Waals surface area (Å²) in [5.41, 5.74) is 1.35. The van der Waals surface area contributed by atoms with Gasteiger partial charge in [0.25, 0.3) is 0 Å². The van der Waals surface area contributed by atoms with E-state index in [-0.39, 0.29) is 0 Å². The predicted molar refractivity (Wildman–Crippen MR) is 58.0 cm³/mol. The molecule has 3 nitrogen and oxygen atoms in total. The first-order valence-corrected chi connectivity index (χ1v) is 5.16. The summed E-state index contributed by atoms with van der Waals surface area (Å²) in [6, 6.07) is 7.80. The Morgan fingerprint density at radius 3 is 2.53 bits per heavy atom. The van der Waals surface area contributed by atoms with E-state index < -0.39 is 11.4 Å². The molecule has 1 aliphatic rings. The summed E-state index contributed by atoms with van der Waals surface area (Å²) in [4.78, 5) is 11.4. The molecule has 0 spiro atoms. The van der Waals surface area contributed by atoms with E-state index >= 15 is 0 Å². The quantitative estimate of drug-likeness (QED) is 0.765. The second kappa shape index (κ2) is 3.66. The lowest BCUT2D eigenvalue weighted by Gasteiger charge is -2.23. The molecule has 0 radical (unpaired) electrons. The number of aliphatic carboxylic acids is 1. The number of rotatable bonds is 2. The molecule has 1 fully saturated rings. The van der Waals surface area contributed by atoms with Crippen LogP contribution in [0.15, 0.2) is 24.3 Å². The van der Waals surface area contributed by atoms with Gasteiger partial charge in [-0.2, -0.15) is 0 Å². The van der Waals surface area contributed by atoms with Crippen LogP contribution < -0.4 is 5.32 Å². The van der Waals surface area contributed by atoms with E-state index in [9.17, 15) is 9.90 Å². The molecule has 1 unspecified atom stereocenters. The zero-order chi connectivity index (χ0) is 10.9. The maximum atomic E-state index is 11.4. The first-order valence-electron chi connectivity index (χ1n) is 5.16. The Labute approximate surface area is 89.1 Å². The summed E-state index contributed by atoms with van der Waals surface area (Å²) in [6.07, 6.45) is 0.672. The van der Waals surface area contributed by atoms with Crippen LogP contribution in [0.5, 0.6) is 0 Å². The van der Waals surface area contributed by atoms with Crippen LogP contribution in [0.3, 0.4) is 0 Å². The molecule has 1 atom stereocenters. The Kier molecular flexibility index (Phi) is 2.49. The van der Waals surface area contributed by atoms with Crippen molar-refractivity contribution in [2.45, 2.75) is 18.8 Å². The molecule has 0 aromatic heterocycles. The van der Waals surface area contributed by atoms with Gasteiger partial charge in [0.2, 0.25) is 0 Å². The average molecular weight is 205 g/mol. The minimum atomic E-state index is -0.726. The highest BCUT2D eigenvalue weighted by Gasteiger charge is 2.42. The van der Waals surface area contributed by atoms with Gasteiger partial charge in [-0.3, -0.25) is 4.79 Å². The lowest BCUT2D eigenvalue weighted by molar-refractivity contribution is -0.143. The van der Waals surface area contributed by atoms with Crippen LogP contribution >= 0.6 is 0 Å². The molecule has 0 amide bonds. The maximum absolute atomic E-state index is 11.4. The molecule has 0 aliphatic carbocycles. The smallest absolute Gasteiger partial charge is 0.315 e. The zero-order valence-corrected chi connectivity index (χ0v) is 8.79. The number of carbonyl (C=O) groups is 1. The van der Waals surface area contributed by atoms with Crippen molar-refractivity contribution in [3.63, 3.8) is 0 Å². The van der Waals surface area contributed by atoms with E-state index in [0.717, 1.165) is 17.7 Å². The summed E-state index contributed by atoms with van der Waals surface area (Å²) in [5.74, 6) is -0.726. The summed E-state index contributed by atoms with van der Waals surface area (Å²) in [5, 5.41) is 12.5. The lowest BCUT2D eigenvalue weighted by atomic mass is 9.79. The van der Waals surface area contributed by atoms with Gasteiger partial charge < -0.3 is 10.4 Å². The number of aryl methyl sites for hydroxylation is 1. The lowest BCUT2D eigenvalue weighted by Crippen LogP contribution is -2.37. The van der Waals surface area contributed by atoms with E-state index in [1.165, 1.54) is 0 Å². The molecule has 1 heterocycles. The molecule has 80 valence electrons. The van der Waals surface area contributed by atoms with Gasteiger partial charge in [0.15, 0.2) is 0 Å². The van der Waals surface area contributed by atoms with Crippen LogP contribution in [0, 0.1) is 6.92 Å². The highest BCUT2D eigenvalue weighted by Crippen LogP contribution is 2.31. The first kappa shape index (κ1) is 10.2. The van der Waals surface area contributed by atoms with Gasteiger partial charge in [-0.1, -0.05) is 29.8 Å². The SMILES string of the molecule is Cc1ccc(C2(C(=O)O)CCNC2)cc1. The van der Waals surface area contributed by atoms with Crippen LogP contribution in [-0.4, -0.2) is 24.2 Å². The topological polar surface area (TPSA) is 49.3 Å². The molecular weight excluding hydrogens is 190 g/mol. The van der Waals surface area contributed by atoms with Crippen molar-refractivity contribution < 1.29 is 9.90 Å². The van der Waals surface area contributed by atoms with Crippen molar-refractivity contribution in [2.24, 2.45) is 0 Å². The Hall–Kier alpha value is -1.35. The zero-order valence-electron chi connectivity index (χ0n) is 8.79. The van der Waals surface area contributed by atoms with Gasteiger partial charge in [0, 0.05) is 6.54 Å². The number of hydrogen-bond donors (Lipinski definition) is 2. The van der Waals surface area contributed by atoms with Crippen molar-refractivity contribution in [3.8, 4) is 0 Å². The van der Waals surface area contributed by atoms with Crippen molar-refractivity contribution in [1.29, 1.82) is 0 Å². The van der Waals surface area contributed by atoms with E-state index in [4.69, 9.17) is 0 Å². The maximum Gasteiger partial charge on any atom is 0.315 e. The average Bonchev–Trinajstić information content (AvgIpc) is 2.69. The van der Waals surface area contributed by atoms with Crippen LogP contribution in [0.2, 0.25) is 0 Å². The van der Waals surface area contributed by atoms with Gasteiger partial charge in [-0.05, 0) is 25.5 Å². The van der Waals surface area contributed by atoms with Crippen molar-refractivity contribution in [2.75, 3.05) is 13.1 Å². The van der Waals surface area contributed by atoms with Gasteiger partial charge >= 0.3 is 5.97 Å². The Balaban J connectivity index is 2.41. The number of nitrogens with one attached hydrogen (secondary N) is 1. The van der Waals surface area contributed by atoms with Crippen molar-refractivity contribution >= 4 is 5.97 Å². The molecule has 3 heteroatoms. The minimum Gasteiger partial charge on any atom is -0.481 e. The van der Waals surface area contributed by atoms with E-state index in [1.54, 1.807) is 0 Å². The van der Waals surface area contributed by atoms with Gasteiger partial charge in [-0.15, -0.1) is 0 Å². The molecule has 0 saturated carbocycles. The minimum absolute atomic E-state index is 0.533. The fraction of sp³-hybridized carbons (Fsp3) is 0.417. The Morgan fingerprint density at radius 1 is 1.40 bits per heavy atom. The molecule has 0 bridgehead atoms. The third-order valence-corrected chi connectivity index (χ3v) is 3.17. The molecular formula is C12H15NO2. The molecule has 1 aromatic carbocycles. The highest BCUT2D eigenvalue weighted by molar-refractivity contribution is 5.82. The first-order chi connectivity index (χ1) is 7.15. The predicted octanol–water partition coefficient (Wildman–Crippen LogP) is 1.31. The largest absolute Gasteiger partial charge is 0.481 e. The Bertz CT molecular complexity index is 364. The van der Waals surface area contributed by atoms with Crippen molar-refractivity contribution in [1.82, 2.24) is 5.32 Å². The van der Waals surface area contributed by atoms with Crippen LogP contribution in [0.25, 0.3) is 0 Å². The Morgan fingerprint density at radius 2 is 2.07 bits per heavy atom. The molecule has 2 rings (SSSR count). The normalized spacial score (nSPS) is 25.4. The molecule has 1 saturated heterocycles. The fourth-order valence-corrected chi connectivity index (χ4v) is 2.12. The molecule has 2 N–H and O–H groups in total. The van der Waals surface area contributed by atoms with E-state index in [0.29, 0.717) is 13.0 Å². The van der Waals surface area contributed by atoms with Crippen LogP contribution in [-0.2, 0) is 10.2 Å².